The predicted molar refractivity (Wildman–Crippen MR) is 190 cm³/mol. The third-order valence-electron chi connectivity index (χ3n) is 10.4. The number of fused-ring (bicyclic) bond motifs is 2. The second kappa shape index (κ2) is 14.8. The number of ether oxygens (including phenoxy) is 1. The number of hydrogen-bond donors (Lipinski definition) is 1. The predicted octanol–water partition coefficient (Wildman–Crippen LogP) is 6.62. The maximum atomic E-state index is 15.3. The van der Waals surface area contributed by atoms with Crippen molar-refractivity contribution in [2.24, 2.45) is 0 Å². The summed E-state index contributed by atoms with van der Waals surface area (Å²) in [6.07, 6.45) is -0.442. The summed E-state index contributed by atoms with van der Waals surface area (Å²) >= 11 is 0. The lowest BCUT2D eigenvalue weighted by Gasteiger charge is -2.39. The van der Waals surface area contributed by atoms with E-state index < -0.39 is 23.6 Å². The molecular formula is C39H41F4N7O3. The molecule has 1 amide bonds. The number of aliphatic hydroxyl groups excluding tert-OH is 1. The Morgan fingerprint density at radius 2 is 1.74 bits per heavy atom. The zero-order valence-corrected chi connectivity index (χ0v) is 29.8. The second-order valence-corrected chi connectivity index (χ2v) is 13.9. The van der Waals surface area contributed by atoms with Gasteiger partial charge in [0.25, 0.3) is 0 Å². The van der Waals surface area contributed by atoms with E-state index in [1.165, 1.54) is 16.8 Å². The van der Waals surface area contributed by atoms with Crippen LogP contribution in [-0.2, 0) is 30.5 Å². The Bertz CT molecular complexity index is 2130. The Labute approximate surface area is 304 Å². The van der Waals surface area contributed by atoms with E-state index in [9.17, 15) is 23.1 Å². The van der Waals surface area contributed by atoms with Crippen molar-refractivity contribution in [3.63, 3.8) is 0 Å². The molecule has 2 aliphatic rings. The highest BCUT2D eigenvalue weighted by Gasteiger charge is 2.36. The summed E-state index contributed by atoms with van der Waals surface area (Å²) in [6, 6.07) is 12.7. The minimum atomic E-state index is -4.55. The zero-order valence-electron chi connectivity index (χ0n) is 29.8. The summed E-state index contributed by atoms with van der Waals surface area (Å²) in [5, 5.41) is 21.4. The number of carbonyl (C=O) groups excluding carboxylic acids is 1. The molecule has 2 unspecified atom stereocenters. The lowest BCUT2D eigenvalue weighted by atomic mass is 9.86. The van der Waals surface area contributed by atoms with E-state index >= 15 is 4.39 Å². The van der Waals surface area contributed by atoms with Crippen molar-refractivity contribution in [1.82, 2.24) is 34.5 Å². The number of alkyl halides is 3. The molecule has 2 aliphatic heterocycles. The summed E-state index contributed by atoms with van der Waals surface area (Å²) in [6.45, 7) is 10.3. The fraction of sp³-hybridized carbons (Fsp3) is 0.385. The first-order valence-electron chi connectivity index (χ1n) is 17.8. The number of aromatic nitrogens is 4. The van der Waals surface area contributed by atoms with Crippen molar-refractivity contribution < 1.29 is 32.2 Å². The third kappa shape index (κ3) is 7.62. The number of piperazine rings is 1. The molecule has 53 heavy (non-hydrogen) atoms. The van der Waals surface area contributed by atoms with Gasteiger partial charge in [0, 0.05) is 56.6 Å². The van der Waals surface area contributed by atoms with Crippen molar-refractivity contribution in [2.75, 3.05) is 39.3 Å². The summed E-state index contributed by atoms with van der Waals surface area (Å²) in [5.74, 6) is -0.717. The van der Waals surface area contributed by atoms with Gasteiger partial charge in [-0.05, 0) is 72.0 Å². The fourth-order valence-electron chi connectivity index (χ4n) is 7.41. The van der Waals surface area contributed by atoms with Gasteiger partial charge in [0.05, 0.1) is 42.7 Å². The molecule has 0 saturated carbocycles. The SMILES string of the molecule is CCN1CCN(Cc2ccc(CC(=O)N3CC(C)c4ccc(Oc5c(F)cnn6cc(-c7cnnc(CO)c7)cc56)cc4C3C)cc2C(F)(F)F)CC1. The number of amides is 1. The lowest BCUT2D eigenvalue weighted by molar-refractivity contribution is -0.139. The topological polar surface area (TPSA) is 99.3 Å². The molecule has 10 nitrogen and oxygen atoms in total. The van der Waals surface area contributed by atoms with Crippen LogP contribution in [0.25, 0.3) is 16.6 Å². The van der Waals surface area contributed by atoms with Gasteiger partial charge in [0.15, 0.2) is 11.6 Å². The van der Waals surface area contributed by atoms with E-state index in [-0.39, 0.29) is 42.7 Å². The van der Waals surface area contributed by atoms with Crippen LogP contribution in [0.2, 0.25) is 0 Å². The molecule has 1 saturated heterocycles. The van der Waals surface area contributed by atoms with Crippen LogP contribution in [0.4, 0.5) is 17.6 Å². The monoisotopic (exact) mass is 731 g/mol. The first-order chi connectivity index (χ1) is 25.4. The summed E-state index contributed by atoms with van der Waals surface area (Å²) < 4.78 is 65.8. The van der Waals surface area contributed by atoms with Gasteiger partial charge in [-0.25, -0.2) is 8.91 Å². The maximum absolute atomic E-state index is 15.3. The number of halogens is 4. The van der Waals surface area contributed by atoms with Gasteiger partial charge in [0.2, 0.25) is 5.91 Å². The van der Waals surface area contributed by atoms with Gasteiger partial charge < -0.3 is 19.6 Å². The lowest BCUT2D eigenvalue weighted by Crippen LogP contribution is -2.45. The van der Waals surface area contributed by atoms with Crippen LogP contribution in [0.1, 0.15) is 66.2 Å². The Kier molecular flexibility index (Phi) is 10.2. The van der Waals surface area contributed by atoms with Crippen LogP contribution in [0.5, 0.6) is 11.5 Å². The Morgan fingerprint density at radius 3 is 2.47 bits per heavy atom. The average Bonchev–Trinajstić information content (AvgIpc) is 3.59. The van der Waals surface area contributed by atoms with Crippen LogP contribution in [-0.4, -0.2) is 84.8 Å². The van der Waals surface area contributed by atoms with E-state index in [1.807, 2.05) is 24.8 Å². The molecule has 5 aromatic rings. The van der Waals surface area contributed by atoms with E-state index in [2.05, 4.69) is 27.1 Å². The van der Waals surface area contributed by atoms with Crippen molar-refractivity contribution in [3.8, 4) is 22.6 Å². The zero-order chi connectivity index (χ0) is 37.4. The smallest absolute Gasteiger partial charge is 0.416 e. The molecule has 1 N–H and O–H groups in total. The Hall–Kier alpha value is -4.92. The minimum Gasteiger partial charge on any atom is -0.452 e. The molecule has 7 rings (SSSR count). The largest absolute Gasteiger partial charge is 0.452 e. The molecule has 278 valence electrons. The third-order valence-corrected chi connectivity index (χ3v) is 10.4. The molecule has 0 radical (unpaired) electrons. The van der Waals surface area contributed by atoms with Gasteiger partial charge in [0.1, 0.15) is 11.3 Å². The molecule has 2 atom stereocenters. The molecule has 0 aliphatic carbocycles. The van der Waals surface area contributed by atoms with Crippen LogP contribution in [0.3, 0.4) is 0 Å². The van der Waals surface area contributed by atoms with E-state index in [0.717, 1.165) is 43.0 Å². The highest BCUT2D eigenvalue weighted by Crippen LogP contribution is 2.40. The van der Waals surface area contributed by atoms with Crippen molar-refractivity contribution in [2.45, 2.75) is 58.5 Å². The molecule has 3 aromatic heterocycles. The van der Waals surface area contributed by atoms with Gasteiger partial charge in [-0.15, -0.1) is 0 Å². The van der Waals surface area contributed by atoms with Crippen LogP contribution < -0.4 is 4.74 Å². The number of rotatable bonds is 9. The summed E-state index contributed by atoms with van der Waals surface area (Å²) in [5.41, 5.74) is 3.71. The molecule has 1 fully saturated rings. The highest BCUT2D eigenvalue weighted by atomic mass is 19.4. The number of likely N-dealkylation sites (N-methyl/N-ethyl adjacent to an activating group) is 1. The van der Waals surface area contributed by atoms with Crippen LogP contribution in [0, 0.1) is 5.82 Å². The molecule has 0 bridgehead atoms. The molecular weight excluding hydrogens is 690 g/mol. The van der Waals surface area contributed by atoms with Gasteiger partial charge in [-0.1, -0.05) is 32.0 Å². The van der Waals surface area contributed by atoms with Crippen LogP contribution >= 0.6 is 0 Å². The van der Waals surface area contributed by atoms with Gasteiger partial charge >= 0.3 is 6.18 Å². The number of benzene rings is 2. The Morgan fingerprint density at radius 1 is 0.962 bits per heavy atom. The van der Waals surface area contributed by atoms with Gasteiger partial charge in [-0.3, -0.25) is 9.69 Å². The highest BCUT2D eigenvalue weighted by molar-refractivity contribution is 5.80. The first-order valence-corrected chi connectivity index (χ1v) is 17.8. The quantitative estimate of drug-likeness (QED) is 0.169. The molecule has 14 heteroatoms. The number of hydrogen-bond acceptors (Lipinski definition) is 8. The normalized spacial score (nSPS) is 18.4. The summed E-state index contributed by atoms with van der Waals surface area (Å²) in [7, 11) is 0. The average molecular weight is 732 g/mol. The Balaban J connectivity index is 1.10. The summed E-state index contributed by atoms with van der Waals surface area (Å²) in [4.78, 5) is 19.8. The van der Waals surface area contributed by atoms with Crippen molar-refractivity contribution in [3.05, 3.63) is 106 Å². The number of aliphatic hydroxyl groups is 1. The fourth-order valence-corrected chi connectivity index (χ4v) is 7.41. The molecule has 5 heterocycles. The number of carbonyl (C=O) groups is 1. The van der Waals surface area contributed by atoms with E-state index in [1.54, 1.807) is 41.4 Å². The van der Waals surface area contributed by atoms with Crippen LogP contribution in [0.15, 0.2) is 67.1 Å². The molecule has 2 aromatic carbocycles. The van der Waals surface area contributed by atoms with Crippen molar-refractivity contribution >= 4 is 11.4 Å². The minimum absolute atomic E-state index is 0.0489. The maximum Gasteiger partial charge on any atom is 0.416 e. The standard InChI is InChI=1S/C39H41F4N7O3/c1-4-47-9-11-48(12-10-47)21-27-6-5-26(13-34(27)39(41,42)43)14-37(52)49-20-24(2)32-8-7-31(17-33(32)25(49)3)53-38-35(40)19-45-50-22-29(16-36(38)50)28-15-30(23-51)46-44-18-28/h5-8,13,15-19,22,24-25,51H,4,9-12,14,20-21,23H2,1-3H3. The van der Waals surface area contributed by atoms with E-state index in [0.29, 0.717) is 53.3 Å². The number of nitrogens with zero attached hydrogens (tertiary/aromatic N) is 7. The van der Waals surface area contributed by atoms with E-state index in [4.69, 9.17) is 4.74 Å². The van der Waals surface area contributed by atoms with Crippen molar-refractivity contribution in [1.29, 1.82) is 0 Å². The van der Waals surface area contributed by atoms with Gasteiger partial charge in [-0.2, -0.15) is 28.5 Å². The molecule has 0 spiro atoms. The first kappa shape index (κ1) is 36.4. The second-order valence-electron chi connectivity index (χ2n) is 13.9.